The monoisotopic (exact) mass is 274 g/mol. The van der Waals surface area contributed by atoms with Crippen molar-refractivity contribution in [3.05, 3.63) is 101 Å². The standard InChI is InChI=1S/C19H14O2/c20-18(14-8-3-1-4-9-14)16-12-7-13-17(16)19(21)15-10-5-2-6-11-15/h1-13,20H/b18-16-. The van der Waals surface area contributed by atoms with Crippen LogP contribution in [0.25, 0.3) is 5.76 Å². The Morgan fingerprint density at radius 1 is 0.810 bits per heavy atom. The van der Waals surface area contributed by atoms with E-state index in [1.165, 1.54) is 0 Å². The molecule has 0 saturated carbocycles. The summed E-state index contributed by atoms with van der Waals surface area (Å²) in [6, 6.07) is 18.3. The van der Waals surface area contributed by atoms with E-state index >= 15 is 0 Å². The lowest BCUT2D eigenvalue weighted by Gasteiger charge is -2.08. The minimum absolute atomic E-state index is 0.0851. The van der Waals surface area contributed by atoms with Crippen molar-refractivity contribution in [2.24, 2.45) is 0 Å². The second-order valence-electron chi connectivity index (χ2n) is 4.76. The van der Waals surface area contributed by atoms with Crippen LogP contribution in [0.4, 0.5) is 0 Å². The van der Waals surface area contributed by atoms with Gasteiger partial charge in [0.2, 0.25) is 0 Å². The van der Waals surface area contributed by atoms with Crippen LogP contribution in [0.1, 0.15) is 15.9 Å². The second-order valence-corrected chi connectivity index (χ2v) is 4.76. The fourth-order valence-electron chi connectivity index (χ4n) is 2.32. The van der Waals surface area contributed by atoms with Crippen LogP contribution in [0.2, 0.25) is 0 Å². The van der Waals surface area contributed by atoms with E-state index in [9.17, 15) is 9.90 Å². The molecule has 0 heterocycles. The first kappa shape index (κ1) is 13.1. The van der Waals surface area contributed by atoms with Crippen LogP contribution < -0.4 is 0 Å². The molecule has 2 heteroatoms. The van der Waals surface area contributed by atoms with E-state index in [-0.39, 0.29) is 11.5 Å². The highest BCUT2D eigenvalue weighted by Crippen LogP contribution is 2.29. The Balaban J connectivity index is 2.00. The molecule has 102 valence electrons. The molecule has 0 aliphatic heterocycles. The van der Waals surface area contributed by atoms with Crippen molar-refractivity contribution in [3.8, 4) is 0 Å². The summed E-state index contributed by atoms with van der Waals surface area (Å²) in [5, 5.41) is 10.4. The molecule has 0 unspecified atom stereocenters. The Labute approximate surface area is 123 Å². The van der Waals surface area contributed by atoms with Gasteiger partial charge in [-0.05, 0) is 0 Å². The molecule has 3 rings (SSSR count). The van der Waals surface area contributed by atoms with Gasteiger partial charge in [0.1, 0.15) is 5.76 Å². The van der Waals surface area contributed by atoms with Crippen molar-refractivity contribution in [2.45, 2.75) is 0 Å². The summed E-state index contributed by atoms with van der Waals surface area (Å²) in [4.78, 5) is 12.5. The first-order valence-corrected chi connectivity index (χ1v) is 6.74. The van der Waals surface area contributed by atoms with Gasteiger partial charge in [0.05, 0.1) is 0 Å². The Morgan fingerprint density at radius 3 is 2.00 bits per heavy atom. The highest BCUT2D eigenvalue weighted by molar-refractivity contribution is 6.14. The molecule has 21 heavy (non-hydrogen) atoms. The van der Waals surface area contributed by atoms with Crippen molar-refractivity contribution in [1.29, 1.82) is 0 Å². The maximum Gasteiger partial charge on any atom is 0.193 e. The smallest absolute Gasteiger partial charge is 0.193 e. The lowest BCUT2D eigenvalue weighted by atomic mass is 9.96. The van der Waals surface area contributed by atoms with Crippen molar-refractivity contribution in [2.75, 3.05) is 0 Å². The zero-order chi connectivity index (χ0) is 14.7. The maximum atomic E-state index is 12.5. The zero-order valence-electron chi connectivity index (χ0n) is 11.4. The summed E-state index contributed by atoms with van der Waals surface area (Å²) in [6.45, 7) is 0. The third-order valence-corrected chi connectivity index (χ3v) is 3.40. The molecule has 0 fully saturated rings. The predicted molar refractivity (Wildman–Crippen MR) is 84.0 cm³/mol. The van der Waals surface area contributed by atoms with Gasteiger partial charge in [-0.25, -0.2) is 0 Å². The number of benzene rings is 2. The van der Waals surface area contributed by atoms with E-state index in [0.29, 0.717) is 22.3 Å². The van der Waals surface area contributed by atoms with E-state index in [0.717, 1.165) is 0 Å². The van der Waals surface area contributed by atoms with Crippen molar-refractivity contribution in [1.82, 2.24) is 0 Å². The first-order chi connectivity index (χ1) is 10.3. The molecule has 0 spiro atoms. The van der Waals surface area contributed by atoms with E-state index < -0.39 is 0 Å². The van der Waals surface area contributed by atoms with E-state index in [2.05, 4.69) is 0 Å². The van der Waals surface area contributed by atoms with Crippen molar-refractivity contribution < 1.29 is 9.90 Å². The molecule has 0 saturated heterocycles. The molecule has 2 aromatic rings. The van der Waals surface area contributed by atoms with Crippen LogP contribution in [0.15, 0.2) is 90.0 Å². The number of ketones is 1. The van der Waals surface area contributed by atoms with E-state index in [4.69, 9.17) is 0 Å². The van der Waals surface area contributed by atoms with Gasteiger partial charge in [-0.3, -0.25) is 4.79 Å². The number of carbonyl (C=O) groups excluding carboxylic acids is 1. The highest BCUT2D eigenvalue weighted by Gasteiger charge is 2.20. The molecular weight excluding hydrogens is 260 g/mol. The summed E-state index contributed by atoms with van der Waals surface area (Å²) < 4.78 is 0. The van der Waals surface area contributed by atoms with Gasteiger partial charge >= 0.3 is 0 Å². The normalized spacial score (nSPS) is 15.7. The summed E-state index contributed by atoms with van der Waals surface area (Å²) in [6.07, 6.45) is 5.28. The number of aliphatic hydroxyl groups is 1. The van der Waals surface area contributed by atoms with Crippen molar-refractivity contribution >= 4 is 11.5 Å². The third-order valence-electron chi connectivity index (χ3n) is 3.40. The van der Waals surface area contributed by atoms with Crippen molar-refractivity contribution in [3.63, 3.8) is 0 Å². The predicted octanol–water partition coefficient (Wildman–Crippen LogP) is 4.33. The average Bonchev–Trinajstić information content (AvgIpc) is 3.04. The zero-order valence-corrected chi connectivity index (χ0v) is 11.4. The number of carbonyl (C=O) groups is 1. The molecule has 1 aliphatic carbocycles. The largest absolute Gasteiger partial charge is 0.507 e. The molecule has 0 atom stereocenters. The van der Waals surface area contributed by atoms with Crippen LogP contribution in [0, 0.1) is 0 Å². The molecule has 2 aromatic carbocycles. The molecular formula is C19H14O2. The van der Waals surface area contributed by atoms with Gasteiger partial charge in [-0.1, -0.05) is 78.9 Å². The van der Waals surface area contributed by atoms with E-state index in [1.807, 2.05) is 48.5 Å². The Kier molecular flexibility index (Phi) is 3.52. The molecule has 0 bridgehead atoms. The number of Topliss-reactive ketones (excluding diaryl/α,β-unsaturated/α-hetero) is 1. The fraction of sp³-hybridized carbons (Fsp3) is 0. The third kappa shape index (κ3) is 2.56. The minimum Gasteiger partial charge on any atom is -0.507 e. The fourth-order valence-corrected chi connectivity index (χ4v) is 2.32. The summed E-state index contributed by atoms with van der Waals surface area (Å²) in [7, 11) is 0. The summed E-state index contributed by atoms with van der Waals surface area (Å²) >= 11 is 0. The Morgan fingerprint density at radius 2 is 1.38 bits per heavy atom. The highest BCUT2D eigenvalue weighted by atomic mass is 16.3. The van der Waals surface area contributed by atoms with Gasteiger partial charge in [-0.15, -0.1) is 0 Å². The van der Waals surface area contributed by atoms with Gasteiger partial charge < -0.3 is 5.11 Å². The molecule has 2 nitrogen and oxygen atoms in total. The number of hydrogen-bond donors (Lipinski definition) is 1. The number of rotatable bonds is 3. The van der Waals surface area contributed by atoms with Gasteiger partial charge in [0.25, 0.3) is 0 Å². The van der Waals surface area contributed by atoms with Gasteiger partial charge in [0.15, 0.2) is 5.78 Å². The Hall–Kier alpha value is -2.87. The number of hydrogen-bond acceptors (Lipinski definition) is 2. The lowest BCUT2D eigenvalue weighted by Crippen LogP contribution is -2.05. The van der Waals surface area contributed by atoms with E-state index in [1.54, 1.807) is 30.4 Å². The number of allylic oxidation sites excluding steroid dienone is 5. The van der Waals surface area contributed by atoms with Crippen LogP contribution in [0.5, 0.6) is 0 Å². The van der Waals surface area contributed by atoms with Crippen LogP contribution >= 0.6 is 0 Å². The molecule has 1 N–H and O–H groups in total. The van der Waals surface area contributed by atoms with Gasteiger partial charge in [0, 0.05) is 22.3 Å². The SMILES string of the molecule is O=C(C1=CC=C/C1=C(/O)c1ccccc1)c1ccccc1. The van der Waals surface area contributed by atoms with Gasteiger partial charge in [-0.2, -0.15) is 0 Å². The number of aliphatic hydroxyl groups excluding tert-OH is 1. The molecule has 1 aliphatic rings. The first-order valence-electron chi connectivity index (χ1n) is 6.74. The molecule has 0 amide bonds. The van der Waals surface area contributed by atoms with Crippen LogP contribution in [0.3, 0.4) is 0 Å². The lowest BCUT2D eigenvalue weighted by molar-refractivity contribution is 0.103. The summed E-state index contributed by atoms with van der Waals surface area (Å²) in [5.74, 6) is 0.0398. The Bertz CT molecular complexity index is 751. The minimum atomic E-state index is -0.0851. The summed E-state index contributed by atoms with van der Waals surface area (Å²) in [5.41, 5.74) is 2.40. The average molecular weight is 274 g/mol. The van der Waals surface area contributed by atoms with Crippen LogP contribution in [-0.4, -0.2) is 10.9 Å². The topological polar surface area (TPSA) is 37.3 Å². The molecule has 0 aromatic heterocycles. The quantitative estimate of drug-likeness (QED) is 0.668. The molecule has 0 radical (unpaired) electrons. The van der Waals surface area contributed by atoms with Crippen LogP contribution in [-0.2, 0) is 0 Å². The maximum absolute atomic E-state index is 12.5. The second kappa shape index (κ2) is 5.63.